The van der Waals surface area contributed by atoms with Crippen LogP contribution in [0.1, 0.15) is 37.7 Å². The molecule has 0 amide bonds. The Balaban J connectivity index is 1.97. The predicted octanol–water partition coefficient (Wildman–Crippen LogP) is 4.39. The molecule has 0 aliphatic heterocycles. The number of nitrogens with one attached hydrogen (secondary N) is 1. The van der Waals surface area contributed by atoms with Crippen LogP contribution >= 0.6 is 0 Å². The van der Waals surface area contributed by atoms with Crippen molar-refractivity contribution in [2.24, 2.45) is 0 Å². The van der Waals surface area contributed by atoms with Gasteiger partial charge in [-0.15, -0.1) is 0 Å². The van der Waals surface area contributed by atoms with Crippen LogP contribution in [-0.2, 0) is 6.18 Å². The van der Waals surface area contributed by atoms with Gasteiger partial charge in [-0.25, -0.2) is 9.97 Å². The van der Waals surface area contributed by atoms with Gasteiger partial charge >= 0.3 is 6.18 Å². The summed E-state index contributed by atoms with van der Waals surface area (Å²) in [6.45, 7) is 0. The van der Waals surface area contributed by atoms with E-state index in [2.05, 4.69) is 15.3 Å². The van der Waals surface area contributed by atoms with E-state index < -0.39 is 11.7 Å². The highest BCUT2D eigenvalue weighted by Gasteiger charge is 2.31. The summed E-state index contributed by atoms with van der Waals surface area (Å²) in [5, 5.41) is 3.71. The Morgan fingerprint density at radius 3 is 2.52 bits per heavy atom. The molecule has 1 aliphatic rings. The van der Waals surface area contributed by atoms with E-state index in [4.69, 9.17) is 0 Å². The lowest BCUT2D eigenvalue weighted by molar-refractivity contribution is -0.137. The summed E-state index contributed by atoms with van der Waals surface area (Å²) in [6, 6.07) is 3.86. The molecule has 1 saturated carbocycles. The zero-order valence-electron chi connectivity index (χ0n) is 11.5. The molecule has 0 radical (unpaired) electrons. The predicted molar refractivity (Wildman–Crippen MR) is 75.0 cm³/mol. The van der Waals surface area contributed by atoms with Crippen molar-refractivity contribution < 1.29 is 13.2 Å². The maximum absolute atomic E-state index is 12.8. The van der Waals surface area contributed by atoms with Crippen LogP contribution in [0.4, 0.5) is 19.0 Å². The monoisotopic (exact) mass is 295 g/mol. The first-order chi connectivity index (χ1) is 10.0. The number of rotatable bonds is 2. The van der Waals surface area contributed by atoms with Crippen molar-refractivity contribution in [3.05, 3.63) is 30.1 Å². The fraction of sp³-hybridized carbons (Fsp3) is 0.467. The van der Waals surface area contributed by atoms with Gasteiger partial charge in [0.1, 0.15) is 12.1 Å². The summed E-state index contributed by atoms with van der Waals surface area (Å²) in [5.41, 5.74) is -0.146. The Labute approximate surface area is 120 Å². The number of alkyl halides is 3. The van der Waals surface area contributed by atoms with Crippen LogP contribution in [0, 0.1) is 0 Å². The Morgan fingerprint density at radius 1 is 1.05 bits per heavy atom. The molecular weight excluding hydrogens is 279 g/mol. The van der Waals surface area contributed by atoms with Crippen LogP contribution < -0.4 is 5.32 Å². The van der Waals surface area contributed by atoms with Crippen LogP contribution in [0.15, 0.2) is 24.5 Å². The molecular formula is C15H16F3N3. The summed E-state index contributed by atoms with van der Waals surface area (Å²) in [7, 11) is 0. The van der Waals surface area contributed by atoms with Gasteiger partial charge in [0.25, 0.3) is 0 Å². The third-order valence-corrected chi connectivity index (χ3v) is 3.91. The zero-order valence-corrected chi connectivity index (χ0v) is 11.5. The molecule has 1 fully saturated rings. The second-order valence-corrected chi connectivity index (χ2v) is 5.43. The maximum Gasteiger partial charge on any atom is 0.416 e. The minimum absolute atomic E-state index is 0.284. The summed E-state index contributed by atoms with van der Waals surface area (Å²) in [5.74, 6) is 0.498. The van der Waals surface area contributed by atoms with Crippen LogP contribution in [0.2, 0.25) is 0 Å². The first kappa shape index (κ1) is 14.1. The van der Waals surface area contributed by atoms with Crippen molar-refractivity contribution in [3.63, 3.8) is 0 Å². The average molecular weight is 295 g/mol. The Hall–Kier alpha value is -1.85. The minimum Gasteiger partial charge on any atom is -0.367 e. The van der Waals surface area contributed by atoms with Gasteiger partial charge in [0.15, 0.2) is 0 Å². The maximum atomic E-state index is 12.8. The van der Waals surface area contributed by atoms with E-state index in [-0.39, 0.29) is 6.04 Å². The smallest absolute Gasteiger partial charge is 0.367 e. The van der Waals surface area contributed by atoms with Crippen molar-refractivity contribution in [1.82, 2.24) is 9.97 Å². The zero-order chi connectivity index (χ0) is 14.9. The molecule has 1 aromatic carbocycles. The summed E-state index contributed by atoms with van der Waals surface area (Å²) in [4.78, 5) is 8.17. The van der Waals surface area contributed by atoms with Crippen molar-refractivity contribution in [2.45, 2.75) is 44.3 Å². The van der Waals surface area contributed by atoms with E-state index in [1.807, 2.05) is 0 Å². The van der Waals surface area contributed by atoms with Crippen molar-refractivity contribution in [1.29, 1.82) is 0 Å². The van der Waals surface area contributed by atoms with Gasteiger partial charge in [0.2, 0.25) is 0 Å². The highest BCUT2D eigenvalue weighted by molar-refractivity contribution is 5.89. The van der Waals surface area contributed by atoms with E-state index in [0.29, 0.717) is 16.7 Å². The van der Waals surface area contributed by atoms with Gasteiger partial charge in [-0.1, -0.05) is 19.3 Å². The molecule has 3 nitrogen and oxygen atoms in total. The molecule has 112 valence electrons. The average Bonchev–Trinajstić information content (AvgIpc) is 2.47. The highest BCUT2D eigenvalue weighted by atomic mass is 19.4. The van der Waals surface area contributed by atoms with Crippen LogP contribution in [0.3, 0.4) is 0 Å². The first-order valence-electron chi connectivity index (χ1n) is 7.12. The van der Waals surface area contributed by atoms with Gasteiger partial charge in [-0.3, -0.25) is 0 Å². The molecule has 1 heterocycles. The normalized spacial score (nSPS) is 17.1. The molecule has 0 unspecified atom stereocenters. The van der Waals surface area contributed by atoms with E-state index >= 15 is 0 Å². The molecule has 0 spiro atoms. The topological polar surface area (TPSA) is 37.8 Å². The quantitative estimate of drug-likeness (QED) is 0.892. The molecule has 2 aromatic rings. The molecule has 0 saturated heterocycles. The number of halogens is 3. The molecule has 1 N–H and O–H groups in total. The number of hydrogen-bond donors (Lipinski definition) is 1. The largest absolute Gasteiger partial charge is 0.416 e. The minimum atomic E-state index is -4.36. The lowest BCUT2D eigenvalue weighted by Crippen LogP contribution is -2.23. The number of fused-ring (bicyclic) bond motifs is 1. The molecule has 21 heavy (non-hydrogen) atoms. The number of benzene rings is 1. The lowest BCUT2D eigenvalue weighted by atomic mass is 9.95. The van der Waals surface area contributed by atoms with E-state index in [9.17, 15) is 13.2 Å². The van der Waals surface area contributed by atoms with E-state index in [1.54, 1.807) is 0 Å². The van der Waals surface area contributed by atoms with E-state index in [0.717, 1.165) is 37.8 Å². The molecule has 1 aliphatic carbocycles. The molecule has 6 heteroatoms. The Kier molecular flexibility index (Phi) is 3.69. The standard InChI is InChI=1S/C15H16F3N3/c16-15(17,18)10-6-7-13-12(8-10)14(20-9-19-13)21-11-4-2-1-3-5-11/h6-9,11H,1-5H2,(H,19,20,21). The van der Waals surface area contributed by atoms with Crippen molar-refractivity contribution in [3.8, 4) is 0 Å². The third-order valence-electron chi connectivity index (χ3n) is 3.91. The van der Waals surface area contributed by atoms with Gasteiger partial charge in [-0.05, 0) is 31.0 Å². The lowest BCUT2D eigenvalue weighted by Gasteiger charge is -2.23. The van der Waals surface area contributed by atoms with Gasteiger partial charge in [-0.2, -0.15) is 13.2 Å². The third kappa shape index (κ3) is 3.09. The number of aromatic nitrogens is 2. The first-order valence-corrected chi connectivity index (χ1v) is 7.12. The van der Waals surface area contributed by atoms with Gasteiger partial charge in [0.05, 0.1) is 11.1 Å². The number of nitrogens with zero attached hydrogens (tertiary/aromatic N) is 2. The second-order valence-electron chi connectivity index (χ2n) is 5.43. The summed E-state index contributed by atoms with van der Waals surface area (Å²) >= 11 is 0. The highest BCUT2D eigenvalue weighted by Crippen LogP contribution is 2.33. The summed E-state index contributed by atoms with van der Waals surface area (Å²) in [6.07, 6.45) is 2.62. The van der Waals surface area contributed by atoms with Crippen LogP contribution in [0.25, 0.3) is 10.9 Å². The molecule has 0 bridgehead atoms. The Morgan fingerprint density at radius 2 is 1.81 bits per heavy atom. The van der Waals surface area contributed by atoms with Gasteiger partial charge in [0, 0.05) is 11.4 Å². The molecule has 3 rings (SSSR count). The van der Waals surface area contributed by atoms with Crippen molar-refractivity contribution >= 4 is 16.7 Å². The molecule has 1 aromatic heterocycles. The Bertz CT molecular complexity index is 634. The fourth-order valence-electron chi connectivity index (χ4n) is 2.79. The fourth-order valence-corrected chi connectivity index (χ4v) is 2.79. The van der Waals surface area contributed by atoms with Crippen LogP contribution in [-0.4, -0.2) is 16.0 Å². The number of hydrogen-bond acceptors (Lipinski definition) is 3. The van der Waals surface area contributed by atoms with Crippen molar-refractivity contribution in [2.75, 3.05) is 5.32 Å². The van der Waals surface area contributed by atoms with Crippen LogP contribution in [0.5, 0.6) is 0 Å². The molecule has 0 atom stereocenters. The SMILES string of the molecule is FC(F)(F)c1ccc2ncnc(NC3CCCCC3)c2c1. The number of anilines is 1. The second kappa shape index (κ2) is 5.50. The van der Waals surface area contributed by atoms with Gasteiger partial charge < -0.3 is 5.32 Å². The summed E-state index contributed by atoms with van der Waals surface area (Å²) < 4.78 is 38.5. The van der Waals surface area contributed by atoms with E-state index in [1.165, 1.54) is 18.8 Å².